The molecule has 170 valence electrons. The van der Waals surface area contributed by atoms with Crippen molar-refractivity contribution in [2.45, 2.75) is 24.3 Å². The van der Waals surface area contributed by atoms with Crippen LogP contribution in [0, 0.1) is 0 Å². The maximum atomic E-state index is 12.2. The number of methoxy groups -OCH3 is 1. The van der Waals surface area contributed by atoms with Crippen LogP contribution in [0.3, 0.4) is 0 Å². The molecule has 1 heterocycles. The zero-order valence-electron chi connectivity index (χ0n) is 18.2. The molecular formula is C24H24N4O4S. The topological polar surface area (TPSA) is 114 Å². The minimum Gasteiger partial charge on any atom is -0.497 e. The van der Waals surface area contributed by atoms with Crippen LogP contribution in [0.4, 0.5) is 11.4 Å². The fraction of sp³-hybridized carbons (Fsp3) is 0.167. The van der Waals surface area contributed by atoms with Gasteiger partial charge in [0, 0.05) is 24.7 Å². The van der Waals surface area contributed by atoms with Gasteiger partial charge in [0.15, 0.2) is 0 Å². The van der Waals surface area contributed by atoms with Gasteiger partial charge in [0.25, 0.3) is 0 Å². The number of rotatable bonds is 6. The Morgan fingerprint density at radius 2 is 1.76 bits per heavy atom. The molecule has 4 rings (SSSR count). The van der Waals surface area contributed by atoms with E-state index in [-0.39, 0.29) is 16.8 Å². The number of carbonyl (C=O) groups excluding carboxylic acids is 1. The van der Waals surface area contributed by atoms with Crippen LogP contribution in [0.1, 0.15) is 30.5 Å². The van der Waals surface area contributed by atoms with Gasteiger partial charge < -0.3 is 10.1 Å². The zero-order valence-corrected chi connectivity index (χ0v) is 19.0. The van der Waals surface area contributed by atoms with E-state index in [0.29, 0.717) is 12.1 Å². The average Bonchev–Trinajstić information content (AvgIpc) is 3.25. The summed E-state index contributed by atoms with van der Waals surface area (Å²) >= 11 is 0. The lowest BCUT2D eigenvalue weighted by atomic mass is 9.98. The molecule has 1 amide bonds. The minimum absolute atomic E-state index is 0.0401. The molecule has 0 aromatic heterocycles. The molecule has 3 aromatic rings. The molecule has 0 aliphatic carbocycles. The van der Waals surface area contributed by atoms with E-state index in [9.17, 15) is 13.2 Å². The number of amides is 1. The quantitative estimate of drug-likeness (QED) is 0.576. The molecule has 8 nitrogen and oxygen atoms in total. The first kappa shape index (κ1) is 22.5. The Hall–Kier alpha value is -3.69. The number of carbonyl (C=O) groups is 1. The fourth-order valence-electron chi connectivity index (χ4n) is 3.72. The van der Waals surface area contributed by atoms with Gasteiger partial charge in [-0.25, -0.2) is 18.6 Å². The molecule has 0 fully saturated rings. The van der Waals surface area contributed by atoms with E-state index >= 15 is 0 Å². The Morgan fingerprint density at radius 1 is 1.06 bits per heavy atom. The number of hydrogen-bond donors (Lipinski definition) is 2. The summed E-state index contributed by atoms with van der Waals surface area (Å²) in [4.78, 5) is 12.3. The Morgan fingerprint density at radius 3 is 2.36 bits per heavy atom. The SMILES string of the molecule is COc1ccc(C2CC(c3ccc(Nc4cccc(S(N)(=O)=O)c4)cc3)=NN2C(C)=O)cc1. The molecule has 1 aliphatic heterocycles. The predicted molar refractivity (Wildman–Crippen MR) is 127 cm³/mol. The van der Waals surface area contributed by atoms with Crippen LogP contribution in [0.25, 0.3) is 0 Å². The number of sulfonamides is 1. The largest absolute Gasteiger partial charge is 0.497 e. The summed E-state index contributed by atoms with van der Waals surface area (Å²) in [5.41, 5.74) is 4.08. The summed E-state index contributed by atoms with van der Waals surface area (Å²) in [5.74, 6) is 0.629. The monoisotopic (exact) mass is 464 g/mol. The van der Waals surface area contributed by atoms with Crippen molar-refractivity contribution in [3.05, 3.63) is 83.9 Å². The van der Waals surface area contributed by atoms with Gasteiger partial charge >= 0.3 is 0 Å². The fourth-order valence-corrected chi connectivity index (χ4v) is 4.28. The van der Waals surface area contributed by atoms with Crippen molar-refractivity contribution >= 4 is 33.0 Å². The van der Waals surface area contributed by atoms with E-state index in [0.717, 1.165) is 28.3 Å². The van der Waals surface area contributed by atoms with Gasteiger partial charge in [0.05, 0.1) is 23.8 Å². The molecule has 9 heteroatoms. The van der Waals surface area contributed by atoms with Crippen LogP contribution in [0.5, 0.6) is 5.75 Å². The third-order valence-electron chi connectivity index (χ3n) is 5.40. The number of benzene rings is 3. The van der Waals surface area contributed by atoms with E-state index in [1.807, 2.05) is 48.5 Å². The van der Waals surface area contributed by atoms with Crippen LogP contribution in [0.2, 0.25) is 0 Å². The van der Waals surface area contributed by atoms with E-state index < -0.39 is 10.0 Å². The molecule has 0 saturated carbocycles. The van der Waals surface area contributed by atoms with Crippen molar-refractivity contribution in [1.82, 2.24) is 5.01 Å². The molecule has 0 bridgehead atoms. The highest BCUT2D eigenvalue weighted by atomic mass is 32.2. The minimum atomic E-state index is -3.77. The van der Waals surface area contributed by atoms with Crippen LogP contribution in [0.15, 0.2) is 82.8 Å². The van der Waals surface area contributed by atoms with Gasteiger partial charge in [-0.1, -0.05) is 30.3 Å². The summed E-state index contributed by atoms with van der Waals surface area (Å²) < 4.78 is 28.4. The predicted octanol–water partition coefficient (Wildman–Crippen LogP) is 3.78. The molecule has 0 saturated heterocycles. The number of hydrazone groups is 1. The number of ether oxygens (including phenoxy) is 1. The molecule has 0 spiro atoms. The molecule has 33 heavy (non-hydrogen) atoms. The smallest absolute Gasteiger partial charge is 0.240 e. The third-order valence-corrected chi connectivity index (χ3v) is 6.31. The van der Waals surface area contributed by atoms with E-state index in [4.69, 9.17) is 9.88 Å². The van der Waals surface area contributed by atoms with Gasteiger partial charge in [-0.05, 0) is 53.6 Å². The van der Waals surface area contributed by atoms with E-state index in [2.05, 4.69) is 10.4 Å². The van der Waals surface area contributed by atoms with Gasteiger partial charge in [-0.3, -0.25) is 4.79 Å². The van der Waals surface area contributed by atoms with Crippen molar-refractivity contribution in [1.29, 1.82) is 0 Å². The van der Waals surface area contributed by atoms with Crippen molar-refractivity contribution in [3.8, 4) is 5.75 Å². The van der Waals surface area contributed by atoms with Gasteiger partial charge in [0.2, 0.25) is 15.9 Å². The highest BCUT2D eigenvalue weighted by Gasteiger charge is 2.31. The molecule has 3 N–H and O–H groups in total. The Bertz CT molecular complexity index is 1300. The average molecular weight is 465 g/mol. The van der Waals surface area contributed by atoms with Crippen LogP contribution < -0.4 is 15.2 Å². The molecule has 1 atom stereocenters. The maximum absolute atomic E-state index is 12.2. The molecular weight excluding hydrogens is 440 g/mol. The number of nitrogens with one attached hydrogen (secondary N) is 1. The van der Waals surface area contributed by atoms with Crippen LogP contribution in [-0.4, -0.2) is 32.2 Å². The van der Waals surface area contributed by atoms with Crippen LogP contribution >= 0.6 is 0 Å². The Balaban J connectivity index is 1.52. The Labute approximate surface area is 192 Å². The lowest BCUT2D eigenvalue weighted by Gasteiger charge is -2.20. The van der Waals surface area contributed by atoms with Crippen LogP contribution in [-0.2, 0) is 14.8 Å². The Kier molecular flexibility index (Phi) is 6.17. The summed E-state index contributed by atoms with van der Waals surface area (Å²) in [6, 6.07) is 21.3. The summed E-state index contributed by atoms with van der Waals surface area (Å²) in [5, 5.41) is 14.5. The number of nitrogens with zero attached hydrogens (tertiary/aromatic N) is 2. The third kappa shape index (κ3) is 5.05. The highest BCUT2D eigenvalue weighted by molar-refractivity contribution is 7.89. The zero-order chi connectivity index (χ0) is 23.6. The van der Waals surface area contributed by atoms with Gasteiger partial charge in [-0.15, -0.1) is 0 Å². The standard InChI is InChI=1S/C24H24N4O4S/c1-16(29)28-24(18-8-12-21(32-2)13-9-18)15-23(27-28)17-6-10-19(11-7-17)26-20-4-3-5-22(14-20)33(25,30)31/h3-14,24,26H,15H2,1-2H3,(H2,25,30,31). The lowest BCUT2D eigenvalue weighted by Crippen LogP contribution is -2.24. The van der Waals surface area contributed by atoms with Crippen molar-refractivity contribution in [2.75, 3.05) is 12.4 Å². The van der Waals surface area contributed by atoms with E-state index in [1.54, 1.807) is 19.2 Å². The normalized spacial score (nSPS) is 15.8. The highest BCUT2D eigenvalue weighted by Crippen LogP contribution is 2.34. The molecule has 3 aromatic carbocycles. The summed E-state index contributed by atoms with van der Waals surface area (Å²) in [6.45, 7) is 1.51. The second kappa shape index (κ2) is 9.05. The first-order valence-electron chi connectivity index (χ1n) is 10.3. The lowest BCUT2D eigenvalue weighted by molar-refractivity contribution is -0.130. The van der Waals surface area contributed by atoms with Gasteiger partial charge in [-0.2, -0.15) is 5.10 Å². The summed E-state index contributed by atoms with van der Waals surface area (Å²) in [7, 11) is -2.16. The first-order valence-corrected chi connectivity index (χ1v) is 11.8. The summed E-state index contributed by atoms with van der Waals surface area (Å²) in [6.07, 6.45) is 0.592. The molecule has 0 radical (unpaired) electrons. The second-order valence-electron chi connectivity index (χ2n) is 7.68. The van der Waals surface area contributed by atoms with Crippen molar-refractivity contribution in [3.63, 3.8) is 0 Å². The number of anilines is 2. The maximum Gasteiger partial charge on any atom is 0.240 e. The number of primary sulfonamides is 1. The first-order chi connectivity index (χ1) is 15.7. The van der Waals surface area contributed by atoms with E-state index in [1.165, 1.54) is 24.1 Å². The van der Waals surface area contributed by atoms with Gasteiger partial charge in [0.1, 0.15) is 5.75 Å². The second-order valence-corrected chi connectivity index (χ2v) is 9.24. The van der Waals surface area contributed by atoms with Crippen molar-refractivity contribution in [2.24, 2.45) is 10.2 Å². The number of nitrogens with two attached hydrogens (primary N) is 1. The molecule has 1 unspecified atom stereocenters. The molecule has 1 aliphatic rings. The van der Waals surface area contributed by atoms with Crippen molar-refractivity contribution < 1.29 is 17.9 Å². The number of hydrogen-bond acceptors (Lipinski definition) is 6.